The molecule has 0 aliphatic carbocycles. The molecule has 0 saturated heterocycles. The molecule has 0 unspecified atom stereocenters. The zero-order valence-corrected chi connectivity index (χ0v) is 15.6. The minimum atomic E-state index is -0.927. The lowest BCUT2D eigenvalue weighted by Gasteiger charge is -2.16. The molecule has 0 aliphatic rings. The molecular formula is C17H15Cl2N3O5. The maximum Gasteiger partial charge on any atom is 0.279 e. The number of nitro benzene ring substituents is 1. The van der Waals surface area contributed by atoms with Gasteiger partial charge in [-0.1, -0.05) is 35.3 Å². The molecule has 0 radical (unpaired) electrons. The predicted molar refractivity (Wildman–Crippen MR) is 99.6 cm³/mol. The van der Waals surface area contributed by atoms with Crippen molar-refractivity contribution in [2.45, 2.75) is 19.4 Å². The molecule has 2 amide bonds. The van der Waals surface area contributed by atoms with Crippen LogP contribution in [0.1, 0.15) is 12.5 Å². The lowest BCUT2D eigenvalue weighted by Crippen LogP contribution is -2.47. The number of rotatable bonds is 6. The predicted octanol–water partition coefficient (Wildman–Crippen LogP) is 3.06. The van der Waals surface area contributed by atoms with Crippen molar-refractivity contribution in [3.63, 3.8) is 0 Å². The lowest BCUT2D eigenvalue weighted by atomic mass is 10.1. The molecule has 0 saturated carbocycles. The molecule has 2 rings (SSSR count). The van der Waals surface area contributed by atoms with E-state index < -0.39 is 22.8 Å². The van der Waals surface area contributed by atoms with Gasteiger partial charge in [0.2, 0.25) is 5.91 Å². The molecule has 1 atom stereocenters. The third-order valence-corrected chi connectivity index (χ3v) is 3.93. The van der Waals surface area contributed by atoms with Crippen LogP contribution in [0.4, 0.5) is 5.69 Å². The number of benzene rings is 2. The number of nitro groups is 1. The number of hydrazine groups is 1. The second kappa shape index (κ2) is 9.20. The van der Waals surface area contributed by atoms with E-state index in [9.17, 15) is 19.7 Å². The number of non-ortho nitro benzene ring substituents is 1. The normalized spacial score (nSPS) is 11.4. The number of nitrogens with zero attached hydrogens (tertiary/aromatic N) is 1. The first-order valence-electron chi connectivity index (χ1n) is 7.70. The number of carbonyl (C=O) groups is 2. The maximum absolute atomic E-state index is 12.0. The fraction of sp³-hybridized carbons (Fsp3) is 0.176. The minimum absolute atomic E-state index is 0.0590. The van der Waals surface area contributed by atoms with E-state index in [0.717, 1.165) is 0 Å². The first kappa shape index (κ1) is 20.5. The van der Waals surface area contributed by atoms with E-state index >= 15 is 0 Å². The van der Waals surface area contributed by atoms with Crippen molar-refractivity contribution >= 4 is 40.7 Å². The van der Waals surface area contributed by atoms with Crippen molar-refractivity contribution in [3.8, 4) is 5.75 Å². The summed E-state index contributed by atoms with van der Waals surface area (Å²) < 4.78 is 5.43. The monoisotopic (exact) mass is 411 g/mol. The highest BCUT2D eigenvalue weighted by atomic mass is 35.5. The second-order valence-electron chi connectivity index (χ2n) is 5.47. The Labute approximate surface area is 164 Å². The highest BCUT2D eigenvalue weighted by molar-refractivity contribution is 6.35. The summed E-state index contributed by atoms with van der Waals surface area (Å²) in [5.74, 6) is -0.798. The largest absolute Gasteiger partial charge is 0.479 e. The van der Waals surface area contributed by atoms with Gasteiger partial charge in [0.15, 0.2) is 6.10 Å². The fourth-order valence-corrected chi connectivity index (χ4v) is 2.47. The van der Waals surface area contributed by atoms with Crippen LogP contribution in [0.5, 0.6) is 5.75 Å². The average molecular weight is 412 g/mol. The number of hydrogen-bond donors (Lipinski definition) is 2. The van der Waals surface area contributed by atoms with E-state index in [1.54, 1.807) is 6.07 Å². The molecule has 2 aromatic rings. The molecule has 0 heterocycles. The van der Waals surface area contributed by atoms with Crippen molar-refractivity contribution in [1.82, 2.24) is 10.9 Å². The Balaban J connectivity index is 1.83. The number of carbonyl (C=O) groups excluding carboxylic acids is 2. The van der Waals surface area contributed by atoms with Crippen molar-refractivity contribution < 1.29 is 19.2 Å². The molecule has 10 heteroatoms. The van der Waals surface area contributed by atoms with E-state index in [4.69, 9.17) is 27.9 Å². The van der Waals surface area contributed by atoms with Crippen LogP contribution in [0.3, 0.4) is 0 Å². The second-order valence-corrected chi connectivity index (χ2v) is 6.32. The highest BCUT2D eigenvalue weighted by Crippen LogP contribution is 2.28. The van der Waals surface area contributed by atoms with Gasteiger partial charge in [0.25, 0.3) is 11.6 Å². The molecule has 0 spiro atoms. The number of amides is 2. The third-order valence-electron chi connectivity index (χ3n) is 3.40. The van der Waals surface area contributed by atoms with Gasteiger partial charge in [-0.3, -0.25) is 30.6 Å². The molecule has 2 aromatic carbocycles. The van der Waals surface area contributed by atoms with Crippen LogP contribution in [-0.2, 0) is 16.0 Å². The molecule has 0 aliphatic heterocycles. The van der Waals surface area contributed by atoms with Crippen LogP contribution in [-0.4, -0.2) is 22.8 Å². The van der Waals surface area contributed by atoms with Crippen LogP contribution in [0.25, 0.3) is 0 Å². The molecule has 2 N–H and O–H groups in total. The van der Waals surface area contributed by atoms with Crippen molar-refractivity contribution in [2.24, 2.45) is 0 Å². The molecule has 0 fully saturated rings. The molecule has 8 nitrogen and oxygen atoms in total. The van der Waals surface area contributed by atoms with Gasteiger partial charge in [-0.15, -0.1) is 0 Å². The fourth-order valence-electron chi connectivity index (χ4n) is 2.01. The summed E-state index contributed by atoms with van der Waals surface area (Å²) >= 11 is 11.8. The van der Waals surface area contributed by atoms with E-state index in [2.05, 4.69) is 10.9 Å². The SMILES string of the molecule is C[C@H](Oc1ccc(Cl)cc1Cl)C(=O)NNC(=O)Cc1ccc([N+](=O)[O-])cc1. The Kier molecular flexibility index (Phi) is 6.98. The quantitative estimate of drug-likeness (QED) is 0.560. The molecule has 27 heavy (non-hydrogen) atoms. The Morgan fingerprint density at radius 3 is 2.41 bits per heavy atom. The van der Waals surface area contributed by atoms with Crippen LogP contribution in [0.15, 0.2) is 42.5 Å². The molecular weight excluding hydrogens is 397 g/mol. The number of hydrogen-bond acceptors (Lipinski definition) is 5. The Morgan fingerprint density at radius 1 is 1.15 bits per heavy atom. The van der Waals surface area contributed by atoms with Gasteiger partial charge in [0.1, 0.15) is 5.75 Å². The lowest BCUT2D eigenvalue weighted by molar-refractivity contribution is -0.384. The zero-order chi connectivity index (χ0) is 20.0. The van der Waals surface area contributed by atoms with Crippen LogP contribution in [0.2, 0.25) is 10.0 Å². The van der Waals surface area contributed by atoms with Crippen molar-refractivity contribution in [1.29, 1.82) is 0 Å². The summed E-state index contributed by atoms with van der Waals surface area (Å²) in [6, 6.07) is 10.1. The zero-order valence-electron chi connectivity index (χ0n) is 14.1. The summed E-state index contributed by atoms with van der Waals surface area (Å²) in [4.78, 5) is 33.9. The van der Waals surface area contributed by atoms with Gasteiger partial charge in [0.05, 0.1) is 16.4 Å². The standard InChI is InChI=1S/C17H15Cl2N3O5/c1-10(27-15-7-4-12(18)9-14(15)19)17(24)21-20-16(23)8-11-2-5-13(6-3-11)22(25)26/h2-7,9-10H,8H2,1H3,(H,20,23)(H,21,24)/t10-/m0/s1. The van der Waals surface area contributed by atoms with Crippen LogP contribution < -0.4 is 15.6 Å². The number of ether oxygens (including phenoxy) is 1. The number of nitrogens with one attached hydrogen (secondary N) is 2. The van der Waals surface area contributed by atoms with E-state index in [1.807, 2.05) is 0 Å². The van der Waals surface area contributed by atoms with E-state index in [0.29, 0.717) is 10.6 Å². The summed E-state index contributed by atoms with van der Waals surface area (Å²) in [5.41, 5.74) is 4.98. The summed E-state index contributed by atoms with van der Waals surface area (Å²) in [7, 11) is 0. The van der Waals surface area contributed by atoms with Gasteiger partial charge >= 0.3 is 0 Å². The maximum atomic E-state index is 12.0. The topological polar surface area (TPSA) is 111 Å². The van der Waals surface area contributed by atoms with Crippen molar-refractivity contribution in [2.75, 3.05) is 0 Å². The summed E-state index contributed by atoms with van der Waals surface area (Å²) in [6.45, 7) is 1.49. The minimum Gasteiger partial charge on any atom is -0.479 e. The van der Waals surface area contributed by atoms with E-state index in [1.165, 1.54) is 43.3 Å². The first-order valence-corrected chi connectivity index (χ1v) is 8.45. The van der Waals surface area contributed by atoms with Crippen LogP contribution in [0, 0.1) is 10.1 Å². The van der Waals surface area contributed by atoms with Gasteiger partial charge in [-0.25, -0.2) is 0 Å². The van der Waals surface area contributed by atoms with E-state index in [-0.39, 0.29) is 22.9 Å². The summed E-state index contributed by atoms with van der Waals surface area (Å²) in [6.07, 6.45) is -0.986. The van der Waals surface area contributed by atoms with Gasteiger partial charge < -0.3 is 4.74 Å². The first-order chi connectivity index (χ1) is 12.8. The smallest absolute Gasteiger partial charge is 0.279 e. The Bertz CT molecular complexity index is 858. The van der Waals surface area contributed by atoms with Crippen LogP contribution >= 0.6 is 23.2 Å². The highest BCUT2D eigenvalue weighted by Gasteiger charge is 2.17. The van der Waals surface area contributed by atoms with Gasteiger partial charge in [0, 0.05) is 17.2 Å². The van der Waals surface area contributed by atoms with Crippen molar-refractivity contribution in [3.05, 3.63) is 68.2 Å². The Hall–Kier alpha value is -2.84. The molecule has 0 aromatic heterocycles. The Morgan fingerprint density at radius 2 is 1.81 bits per heavy atom. The molecule has 0 bridgehead atoms. The molecule has 142 valence electrons. The summed E-state index contributed by atoms with van der Waals surface area (Å²) in [5, 5.41) is 11.3. The average Bonchev–Trinajstić information content (AvgIpc) is 2.62. The van der Waals surface area contributed by atoms with Gasteiger partial charge in [-0.05, 0) is 30.7 Å². The van der Waals surface area contributed by atoms with Gasteiger partial charge in [-0.2, -0.15) is 0 Å². The number of halogens is 2. The third kappa shape index (κ3) is 6.12.